The van der Waals surface area contributed by atoms with Crippen molar-refractivity contribution in [1.82, 2.24) is 14.5 Å². The topological polar surface area (TPSA) is 53.4 Å². The van der Waals surface area contributed by atoms with E-state index >= 15 is 0 Å². The Morgan fingerprint density at radius 1 is 1.00 bits per heavy atom. The van der Waals surface area contributed by atoms with E-state index < -0.39 is 17.7 Å². The van der Waals surface area contributed by atoms with Crippen LogP contribution in [0.3, 0.4) is 0 Å². The molecule has 2 aliphatic rings. The van der Waals surface area contributed by atoms with Gasteiger partial charge in [0.05, 0.1) is 11.0 Å². The second-order valence-corrected chi connectivity index (χ2v) is 11.7. The molecule has 41 heavy (non-hydrogen) atoms. The van der Waals surface area contributed by atoms with Crippen LogP contribution in [-0.4, -0.2) is 45.7 Å². The normalized spacial score (nSPS) is 20.5. The minimum atomic E-state index is -1.01. The van der Waals surface area contributed by atoms with Crippen molar-refractivity contribution < 1.29 is 13.6 Å². The zero-order valence-electron chi connectivity index (χ0n) is 23.3. The molecule has 6 rings (SSSR count). The van der Waals surface area contributed by atoms with Crippen molar-refractivity contribution in [2.24, 2.45) is 0 Å². The SMILES string of the molecule is Cc1ccc(N(CCCN2[C@@H]3CC[C@@H]2CC(n2c(C)nc4ccccc42)C3)C(=O)Nc2ccc(F)c(F)c2)cc1Cl. The molecule has 1 N–H and O–H groups in total. The van der Waals surface area contributed by atoms with Crippen molar-refractivity contribution in [3.05, 3.63) is 88.7 Å². The number of hydrogen-bond acceptors (Lipinski definition) is 3. The van der Waals surface area contributed by atoms with Gasteiger partial charge in [0.25, 0.3) is 0 Å². The van der Waals surface area contributed by atoms with Gasteiger partial charge in [0.2, 0.25) is 0 Å². The van der Waals surface area contributed by atoms with E-state index in [4.69, 9.17) is 16.6 Å². The number of nitrogens with zero attached hydrogens (tertiary/aromatic N) is 4. The molecule has 6 nitrogen and oxygen atoms in total. The summed E-state index contributed by atoms with van der Waals surface area (Å²) in [6.07, 6.45) is 5.31. The lowest BCUT2D eigenvalue weighted by Crippen LogP contribution is -2.45. The van der Waals surface area contributed by atoms with Crippen LogP contribution in [0.5, 0.6) is 0 Å². The van der Waals surface area contributed by atoms with Crippen LogP contribution in [0.1, 0.15) is 49.5 Å². The van der Waals surface area contributed by atoms with Crippen LogP contribution in [0.25, 0.3) is 11.0 Å². The van der Waals surface area contributed by atoms with Crippen molar-refractivity contribution in [1.29, 1.82) is 0 Å². The molecule has 0 spiro atoms. The van der Waals surface area contributed by atoms with Gasteiger partial charge in [0, 0.05) is 53.7 Å². The van der Waals surface area contributed by atoms with Crippen molar-refractivity contribution in [2.45, 2.75) is 64.1 Å². The van der Waals surface area contributed by atoms with E-state index in [1.165, 1.54) is 24.4 Å². The first kappa shape index (κ1) is 27.7. The molecular formula is C32H34ClF2N5O. The molecule has 2 atom stereocenters. The summed E-state index contributed by atoms with van der Waals surface area (Å²) < 4.78 is 29.6. The van der Waals surface area contributed by atoms with Gasteiger partial charge in [-0.25, -0.2) is 18.6 Å². The van der Waals surface area contributed by atoms with Crippen molar-refractivity contribution in [3.63, 3.8) is 0 Å². The molecule has 1 aromatic heterocycles. The Bertz CT molecular complexity index is 1580. The highest BCUT2D eigenvalue weighted by molar-refractivity contribution is 6.31. The summed E-state index contributed by atoms with van der Waals surface area (Å²) in [6, 6.07) is 18.2. The number of para-hydroxylation sites is 2. The van der Waals surface area contributed by atoms with Crippen molar-refractivity contribution in [2.75, 3.05) is 23.3 Å². The molecule has 9 heteroatoms. The van der Waals surface area contributed by atoms with Crippen LogP contribution in [-0.2, 0) is 0 Å². The first-order chi connectivity index (χ1) is 19.8. The number of rotatable bonds is 7. The Hall–Kier alpha value is -3.49. The Balaban J connectivity index is 1.14. The van der Waals surface area contributed by atoms with Crippen LogP contribution < -0.4 is 10.2 Å². The fourth-order valence-electron chi connectivity index (χ4n) is 6.72. The molecule has 2 aliphatic heterocycles. The number of hydrogen-bond donors (Lipinski definition) is 1. The van der Waals surface area contributed by atoms with Gasteiger partial charge in [-0.15, -0.1) is 0 Å². The summed E-state index contributed by atoms with van der Waals surface area (Å²) in [5, 5.41) is 3.28. The maximum atomic E-state index is 13.8. The first-order valence-electron chi connectivity index (χ1n) is 14.3. The van der Waals surface area contributed by atoms with Gasteiger partial charge in [-0.05, 0) is 87.9 Å². The highest BCUT2D eigenvalue weighted by Crippen LogP contribution is 2.42. The standard InChI is InChI=1S/C32H34ClF2N5O/c1-20-8-10-25(19-27(20)33)39(32(41)37-22-9-13-28(34)29(35)16-22)15-5-14-38-23-11-12-24(38)18-26(17-23)40-21(2)36-30-6-3-4-7-31(30)40/h3-4,6-10,13,16,19,23-24,26H,5,11-12,14-15,17-18H2,1-2H3,(H,37,41)/t23-,24-/m1/s1. The largest absolute Gasteiger partial charge is 0.326 e. The molecule has 0 unspecified atom stereocenters. The predicted octanol–water partition coefficient (Wildman–Crippen LogP) is 7.88. The summed E-state index contributed by atoms with van der Waals surface area (Å²) in [5.74, 6) is -0.894. The number of piperidine rings is 1. The van der Waals surface area contributed by atoms with E-state index in [0.717, 1.165) is 54.8 Å². The number of halogens is 3. The van der Waals surface area contributed by atoms with E-state index in [9.17, 15) is 13.6 Å². The van der Waals surface area contributed by atoms with Crippen LogP contribution in [0.4, 0.5) is 25.0 Å². The molecule has 2 fully saturated rings. The van der Waals surface area contributed by atoms with Crippen LogP contribution >= 0.6 is 11.6 Å². The number of aryl methyl sites for hydroxylation is 2. The molecule has 0 saturated carbocycles. The number of carbonyl (C=O) groups is 1. The number of nitrogens with one attached hydrogen (secondary N) is 1. The highest BCUT2D eigenvalue weighted by Gasteiger charge is 2.41. The van der Waals surface area contributed by atoms with Crippen LogP contribution in [0.2, 0.25) is 5.02 Å². The number of anilines is 2. The van der Waals surface area contributed by atoms with Gasteiger partial charge in [-0.2, -0.15) is 0 Å². The van der Waals surface area contributed by atoms with Crippen LogP contribution in [0.15, 0.2) is 60.7 Å². The quantitative estimate of drug-likeness (QED) is 0.243. The van der Waals surface area contributed by atoms with E-state index in [0.29, 0.717) is 35.4 Å². The molecule has 214 valence electrons. The highest BCUT2D eigenvalue weighted by atomic mass is 35.5. The third-order valence-electron chi connectivity index (χ3n) is 8.68. The van der Waals surface area contributed by atoms with E-state index in [-0.39, 0.29) is 5.69 Å². The third-order valence-corrected chi connectivity index (χ3v) is 9.09. The molecule has 3 aromatic carbocycles. The average Bonchev–Trinajstić information content (AvgIpc) is 3.40. The summed E-state index contributed by atoms with van der Waals surface area (Å²) in [4.78, 5) is 22.4. The molecule has 3 heterocycles. The summed E-state index contributed by atoms with van der Waals surface area (Å²) >= 11 is 6.40. The Labute approximate surface area is 243 Å². The minimum Gasteiger partial charge on any atom is -0.325 e. The molecule has 4 aromatic rings. The molecular weight excluding hydrogens is 544 g/mol. The molecule has 2 bridgehead atoms. The lowest BCUT2D eigenvalue weighted by molar-refractivity contribution is 0.107. The van der Waals surface area contributed by atoms with Gasteiger partial charge in [0.15, 0.2) is 11.6 Å². The second kappa shape index (κ2) is 11.4. The van der Waals surface area contributed by atoms with Gasteiger partial charge < -0.3 is 9.88 Å². The number of benzene rings is 3. The van der Waals surface area contributed by atoms with Crippen LogP contribution in [0, 0.1) is 25.5 Å². The van der Waals surface area contributed by atoms with Crippen molar-refractivity contribution in [3.8, 4) is 0 Å². The number of urea groups is 1. The maximum absolute atomic E-state index is 13.8. The van der Waals surface area contributed by atoms with Crippen molar-refractivity contribution >= 4 is 40.0 Å². The zero-order chi connectivity index (χ0) is 28.7. The third kappa shape index (κ3) is 5.55. The molecule has 2 amide bonds. The fourth-order valence-corrected chi connectivity index (χ4v) is 6.90. The van der Waals surface area contributed by atoms with E-state index in [1.807, 2.05) is 25.1 Å². The Morgan fingerprint density at radius 2 is 1.76 bits per heavy atom. The minimum absolute atomic E-state index is 0.194. The Morgan fingerprint density at radius 3 is 2.49 bits per heavy atom. The summed E-state index contributed by atoms with van der Waals surface area (Å²) in [6.45, 7) is 5.34. The number of aromatic nitrogens is 2. The zero-order valence-corrected chi connectivity index (χ0v) is 24.0. The number of carbonyl (C=O) groups excluding carboxylic acids is 1. The molecule has 2 saturated heterocycles. The fraction of sp³-hybridized carbons (Fsp3) is 0.375. The predicted molar refractivity (Wildman–Crippen MR) is 160 cm³/mol. The van der Waals surface area contributed by atoms with E-state index in [2.05, 4.69) is 39.9 Å². The number of amides is 2. The summed E-state index contributed by atoms with van der Waals surface area (Å²) in [5.41, 5.74) is 4.03. The van der Waals surface area contributed by atoms with Gasteiger partial charge in [0.1, 0.15) is 5.82 Å². The number of fused-ring (bicyclic) bond motifs is 3. The number of imidazole rings is 1. The monoisotopic (exact) mass is 577 g/mol. The van der Waals surface area contributed by atoms with Gasteiger partial charge >= 0.3 is 6.03 Å². The molecule has 0 radical (unpaired) electrons. The summed E-state index contributed by atoms with van der Waals surface area (Å²) in [7, 11) is 0. The lowest BCUT2D eigenvalue weighted by atomic mass is 9.96. The maximum Gasteiger partial charge on any atom is 0.326 e. The smallest absolute Gasteiger partial charge is 0.325 e. The van der Waals surface area contributed by atoms with E-state index in [1.54, 1.807) is 11.0 Å². The first-order valence-corrected chi connectivity index (χ1v) is 14.7. The lowest BCUT2D eigenvalue weighted by Gasteiger charge is -2.40. The average molecular weight is 578 g/mol. The molecule has 0 aliphatic carbocycles. The Kier molecular flexibility index (Phi) is 7.70. The van der Waals surface area contributed by atoms with Gasteiger partial charge in [-0.1, -0.05) is 29.8 Å². The second-order valence-electron chi connectivity index (χ2n) is 11.3. The van der Waals surface area contributed by atoms with Gasteiger partial charge in [-0.3, -0.25) is 9.80 Å².